The highest BCUT2D eigenvalue weighted by Crippen LogP contribution is 2.17. The van der Waals surface area contributed by atoms with Gasteiger partial charge in [0.2, 0.25) is 0 Å². The van der Waals surface area contributed by atoms with Crippen LogP contribution in [0, 0.1) is 5.92 Å². The van der Waals surface area contributed by atoms with E-state index in [2.05, 4.69) is 24.2 Å². The number of nitrogens with zero attached hydrogens (tertiary/aromatic N) is 1. The summed E-state index contributed by atoms with van der Waals surface area (Å²) in [6.07, 6.45) is 2.07. The molecule has 0 aliphatic carbocycles. The van der Waals surface area contributed by atoms with Crippen LogP contribution in [0.25, 0.3) is 0 Å². The molecule has 16 heavy (non-hydrogen) atoms. The molecule has 0 radical (unpaired) electrons. The van der Waals surface area contributed by atoms with E-state index in [1.165, 1.54) is 0 Å². The number of carbonyl (C=O) groups is 1. The molecule has 1 fully saturated rings. The minimum absolute atomic E-state index is 0.132. The zero-order valence-corrected chi connectivity index (χ0v) is 10.7. The van der Waals surface area contributed by atoms with Gasteiger partial charge in [0.1, 0.15) is 6.04 Å². The lowest BCUT2D eigenvalue weighted by atomic mass is 9.96. The predicted molar refractivity (Wildman–Crippen MR) is 64.5 cm³/mol. The van der Waals surface area contributed by atoms with E-state index in [1.54, 1.807) is 0 Å². The van der Waals surface area contributed by atoms with Crippen LogP contribution in [0.15, 0.2) is 0 Å². The second-order valence-electron chi connectivity index (χ2n) is 5.28. The van der Waals surface area contributed by atoms with Crippen molar-refractivity contribution in [3.63, 3.8) is 0 Å². The first-order valence-electron chi connectivity index (χ1n) is 6.11. The highest BCUT2D eigenvalue weighted by molar-refractivity contribution is 5.73. The fourth-order valence-electron chi connectivity index (χ4n) is 2.24. The van der Waals surface area contributed by atoms with Crippen molar-refractivity contribution in [3.05, 3.63) is 0 Å². The Hall–Kier alpha value is -0.610. The van der Waals surface area contributed by atoms with E-state index >= 15 is 0 Å². The lowest BCUT2D eigenvalue weighted by molar-refractivity contribution is -0.141. The van der Waals surface area contributed by atoms with E-state index in [0.717, 1.165) is 19.4 Å². The van der Waals surface area contributed by atoms with Gasteiger partial charge in [0, 0.05) is 12.1 Å². The summed E-state index contributed by atoms with van der Waals surface area (Å²) in [5.41, 5.74) is 0. The molecule has 0 amide bonds. The van der Waals surface area contributed by atoms with Crippen LogP contribution >= 0.6 is 0 Å². The molecule has 0 aromatic heterocycles. The van der Waals surface area contributed by atoms with Crippen molar-refractivity contribution in [1.82, 2.24) is 10.2 Å². The molecule has 1 aliphatic heterocycles. The average molecular weight is 228 g/mol. The SMILES string of the molecule is CC(C)C(NC1CCN(C)C(C)C1)C(=O)O. The molecular formula is C12H24N2O2. The van der Waals surface area contributed by atoms with E-state index in [1.807, 2.05) is 13.8 Å². The maximum atomic E-state index is 11.1. The van der Waals surface area contributed by atoms with E-state index in [0.29, 0.717) is 12.1 Å². The molecule has 4 nitrogen and oxygen atoms in total. The minimum Gasteiger partial charge on any atom is -0.480 e. The topological polar surface area (TPSA) is 52.6 Å². The number of nitrogens with one attached hydrogen (secondary N) is 1. The summed E-state index contributed by atoms with van der Waals surface area (Å²) in [7, 11) is 2.12. The second-order valence-corrected chi connectivity index (χ2v) is 5.28. The zero-order chi connectivity index (χ0) is 12.3. The summed E-state index contributed by atoms with van der Waals surface area (Å²) in [6.45, 7) is 7.14. The zero-order valence-electron chi connectivity index (χ0n) is 10.7. The Labute approximate surface area is 98.0 Å². The molecular weight excluding hydrogens is 204 g/mol. The number of hydrogen-bond acceptors (Lipinski definition) is 3. The van der Waals surface area contributed by atoms with Crippen LogP contribution in [0.2, 0.25) is 0 Å². The third kappa shape index (κ3) is 3.46. The van der Waals surface area contributed by atoms with Crippen molar-refractivity contribution in [2.75, 3.05) is 13.6 Å². The third-order valence-corrected chi connectivity index (χ3v) is 3.56. The second kappa shape index (κ2) is 5.64. The van der Waals surface area contributed by atoms with E-state index < -0.39 is 12.0 Å². The van der Waals surface area contributed by atoms with Gasteiger partial charge < -0.3 is 15.3 Å². The number of hydrogen-bond donors (Lipinski definition) is 2. The first kappa shape index (κ1) is 13.5. The maximum Gasteiger partial charge on any atom is 0.320 e. The van der Waals surface area contributed by atoms with Gasteiger partial charge in [0.05, 0.1) is 0 Å². The lowest BCUT2D eigenvalue weighted by Crippen LogP contribution is -2.52. The highest BCUT2D eigenvalue weighted by Gasteiger charge is 2.28. The standard InChI is InChI=1S/C12H24N2O2/c1-8(2)11(12(15)16)13-10-5-6-14(4)9(3)7-10/h8-11,13H,5-7H2,1-4H3,(H,15,16). The minimum atomic E-state index is -0.735. The average Bonchev–Trinajstić information content (AvgIpc) is 2.18. The van der Waals surface area contributed by atoms with E-state index in [-0.39, 0.29) is 5.92 Å². The molecule has 94 valence electrons. The van der Waals surface area contributed by atoms with Crippen molar-refractivity contribution in [3.8, 4) is 0 Å². The van der Waals surface area contributed by atoms with Crippen LogP contribution in [-0.2, 0) is 4.79 Å². The fourth-order valence-corrected chi connectivity index (χ4v) is 2.24. The number of aliphatic carboxylic acids is 1. The number of carboxylic acid groups (broad SMARTS) is 1. The van der Waals surface area contributed by atoms with Gasteiger partial charge in [-0.25, -0.2) is 0 Å². The van der Waals surface area contributed by atoms with Crippen molar-refractivity contribution in [2.24, 2.45) is 5.92 Å². The molecule has 0 aromatic carbocycles. The van der Waals surface area contributed by atoms with Gasteiger partial charge in [0.25, 0.3) is 0 Å². The molecule has 3 atom stereocenters. The number of piperidine rings is 1. The van der Waals surface area contributed by atoms with Crippen LogP contribution in [0.1, 0.15) is 33.6 Å². The Morgan fingerprint density at radius 2 is 2.12 bits per heavy atom. The first-order chi connectivity index (χ1) is 7.41. The van der Waals surface area contributed by atoms with Crippen LogP contribution in [-0.4, -0.2) is 47.7 Å². The summed E-state index contributed by atoms with van der Waals surface area (Å²) >= 11 is 0. The Morgan fingerprint density at radius 3 is 2.56 bits per heavy atom. The van der Waals surface area contributed by atoms with Gasteiger partial charge in [-0.15, -0.1) is 0 Å². The van der Waals surface area contributed by atoms with E-state index in [4.69, 9.17) is 5.11 Å². The summed E-state index contributed by atoms with van der Waals surface area (Å²) in [5, 5.41) is 12.4. The Kier molecular flexibility index (Phi) is 4.74. The largest absolute Gasteiger partial charge is 0.480 e. The summed E-state index contributed by atoms with van der Waals surface area (Å²) in [4.78, 5) is 13.4. The molecule has 0 spiro atoms. The molecule has 0 saturated carbocycles. The van der Waals surface area contributed by atoms with Gasteiger partial charge >= 0.3 is 5.97 Å². The Bertz CT molecular complexity index is 243. The quantitative estimate of drug-likeness (QED) is 0.758. The summed E-state index contributed by atoms with van der Waals surface area (Å²) in [6, 6.07) is 0.461. The monoisotopic (exact) mass is 228 g/mol. The fraction of sp³-hybridized carbons (Fsp3) is 0.917. The number of likely N-dealkylation sites (tertiary alicyclic amines) is 1. The molecule has 2 N–H and O–H groups in total. The highest BCUT2D eigenvalue weighted by atomic mass is 16.4. The number of carboxylic acids is 1. The van der Waals surface area contributed by atoms with Gasteiger partial charge in [-0.2, -0.15) is 0 Å². The molecule has 1 rings (SSSR count). The molecule has 1 saturated heterocycles. The maximum absolute atomic E-state index is 11.1. The van der Waals surface area contributed by atoms with Crippen LogP contribution in [0.4, 0.5) is 0 Å². The molecule has 1 aliphatic rings. The third-order valence-electron chi connectivity index (χ3n) is 3.56. The number of rotatable bonds is 4. The summed E-state index contributed by atoms with van der Waals surface area (Å²) in [5.74, 6) is -0.603. The molecule has 4 heteroatoms. The molecule has 0 bridgehead atoms. The first-order valence-corrected chi connectivity index (χ1v) is 6.11. The Morgan fingerprint density at radius 1 is 1.50 bits per heavy atom. The lowest BCUT2D eigenvalue weighted by Gasteiger charge is -2.37. The molecule has 1 heterocycles. The van der Waals surface area contributed by atoms with Gasteiger partial charge in [-0.05, 0) is 39.3 Å². The van der Waals surface area contributed by atoms with Gasteiger partial charge in [0.15, 0.2) is 0 Å². The Balaban J connectivity index is 2.50. The smallest absolute Gasteiger partial charge is 0.320 e. The van der Waals surface area contributed by atoms with Crippen LogP contribution in [0.5, 0.6) is 0 Å². The van der Waals surface area contributed by atoms with Crippen molar-refractivity contribution >= 4 is 5.97 Å². The van der Waals surface area contributed by atoms with E-state index in [9.17, 15) is 4.79 Å². The summed E-state index contributed by atoms with van der Waals surface area (Å²) < 4.78 is 0. The van der Waals surface area contributed by atoms with Crippen molar-refractivity contribution < 1.29 is 9.90 Å². The van der Waals surface area contributed by atoms with Crippen LogP contribution in [0.3, 0.4) is 0 Å². The van der Waals surface area contributed by atoms with Crippen molar-refractivity contribution in [1.29, 1.82) is 0 Å². The molecule has 3 unspecified atom stereocenters. The predicted octanol–water partition coefficient (Wildman–Crippen LogP) is 1.17. The normalized spacial score (nSPS) is 29.3. The van der Waals surface area contributed by atoms with Gasteiger partial charge in [-0.1, -0.05) is 13.8 Å². The molecule has 0 aromatic rings. The van der Waals surface area contributed by atoms with Gasteiger partial charge in [-0.3, -0.25) is 4.79 Å². The van der Waals surface area contributed by atoms with Crippen LogP contribution < -0.4 is 5.32 Å². The van der Waals surface area contributed by atoms with Crippen molar-refractivity contribution in [2.45, 2.75) is 51.7 Å².